The molecule has 49 heavy (non-hydrogen) atoms. The number of rotatable bonds is 15. The number of nitrogens with zero attached hydrogens (tertiary/aromatic N) is 3. The number of methoxy groups -OCH3 is 1. The molecule has 5 rings (SSSR count). The second kappa shape index (κ2) is 17.8. The average Bonchev–Trinajstić information content (AvgIpc) is 3.11. The number of likely N-dealkylation sites (tertiary alicyclic amines) is 1. The summed E-state index contributed by atoms with van der Waals surface area (Å²) in [6.45, 7) is 8.61. The van der Waals surface area contributed by atoms with Crippen molar-refractivity contribution in [1.82, 2.24) is 14.9 Å². The first-order chi connectivity index (χ1) is 23.8. The van der Waals surface area contributed by atoms with Crippen LogP contribution in [0.1, 0.15) is 55.4 Å². The fraction of sp³-hybridized carbons (Fsp3) is 0.410. The molecule has 10 nitrogen and oxygen atoms in total. The predicted octanol–water partition coefficient (Wildman–Crippen LogP) is 6.98. The maximum absolute atomic E-state index is 13.4. The zero-order valence-corrected chi connectivity index (χ0v) is 28.8. The molecule has 1 amide bonds. The molecule has 2 atom stereocenters. The van der Waals surface area contributed by atoms with E-state index >= 15 is 0 Å². The fourth-order valence-electron chi connectivity index (χ4n) is 5.70. The Labute approximate surface area is 289 Å². The molecule has 3 heterocycles. The van der Waals surface area contributed by atoms with Crippen molar-refractivity contribution in [1.29, 1.82) is 0 Å². The van der Waals surface area contributed by atoms with E-state index in [0.29, 0.717) is 46.1 Å². The van der Waals surface area contributed by atoms with Crippen molar-refractivity contribution in [3.05, 3.63) is 120 Å². The number of para-hydroxylation sites is 1. The topological polar surface area (TPSA) is 101 Å². The van der Waals surface area contributed by atoms with Gasteiger partial charge in [-0.05, 0) is 79.9 Å². The maximum atomic E-state index is 13.4. The Morgan fingerprint density at radius 2 is 1.37 bits per heavy atom. The smallest absolute Gasteiger partial charge is 0.410 e. The fourth-order valence-corrected chi connectivity index (χ4v) is 5.70. The molecular formula is C39H47N3O7. The van der Waals surface area contributed by atoms with Crippen molar-refractivity contribution in [2.45, 2.75) is 70.7 Å². The van der Waals surface area contributed by atoms with Gasteiger partial charge in [0.15, 0.2) is 0 Å². The van der Waals surface area contributed by atoms with E-state index in [-0.39, 0.29) is 18.1 Å². The number of piperidine rings is 1. The third-order valence-corrected chi connectivity index (χ3v) is 8.10. The highest BCUT2D eigenvalue weighted by atomic mass is 16.6. The molecule has 2 aromatic carbocycles. The highest BCUT2D eigenvalue weighted by molar-refractivity contribution is 5.68. The lowest BCUT2D eigenvalue weighted by Crippen LogP contribution is -2.55. The largest absolute Gasteiger partial charge is 0.496 e. The Bertz CT molecular complexity index is 1510. The van der Waals surface area contributed by atoms with Gasteiger partial charge in [-0.15, -0.1) is 0 Å². The van der Waals surface area contributed by atoms with Gasteiger partial charge in [0.05, 0.1) is 65.4 Å². The van der Waals surface area contributed by atoms with Gasteiger partial charge in [0.2, 0.25) is 0 Å². The van der Waals surface area contributed by atoms with Gasteiger partial charge < -0.3 is 33.3 Å². The van der Waals surface area contributed by atoms with Gasteiger partial charge in [-0.1, -0.05) is 30.3 Å². The van der Waals surface area contributed by atoms with Crippen LogP contribution in [0.5, 0.6) is 11.5 Å². The van der Waals surface area contributed by atoms with E-state index < -0.39 is 11.7 Å². The number of ether oxygens (including phenoxy) is 6. The summed E-state index contributed by atoms with van der Waals surface area (Å²) in [7, 11) is 1.66. The molecular weight excluding hydrogens is 622 g/mol. The number of hydrogen-bond acceptors (Lipinski definition) is 9. The molecule has 2 unspecified atom stereocenters. The Balaban J connectivity index is 1.27. The van der Waals surface area contributed by atoms with Crippen molar-refractivity contribution < 1.29 is 33.2 Å². The Morgan fingerprint density at radius 3 is 1.94 bits per heavy atom. The van der Waals surface area contributed by atoms with Crippen molar-refractivity contribution in [2.24, 2.45) is 0 Å². The Kier molecular flexibility index (Phi) is 13.0. The van der Waals surface area contributed by atoms with Crippen LogP contribution >= 0.6 is 0 Å². The van der Waals surface area contributed by atoms with Crippen LogP contribution in [-0.4, -0.2) is 72.2 Å². The quantitative estimate of drug-likeness (QED) is 0.124. The number of carbonyl (C=O) groups is 1. The molecule has 1 aliphatic rings. The lowest BCUT2D eigenvalue weighted by Gasteiger charge is -2.43. The van der Waals surface area contributed by atoms with Crippen LogP contribution < -0.4 is 9.47 Å². The lowest BCUT2D eigenvalue weighted by molar-refractivity contribution is -0.100. The number of hydrogen-bond donors (Lipinski definition) is 0. The third-order valence-electron chi connectivity index (χ3n) is 8.10. The van der Waals surface area contributed by atoms with Crippen molar-refractivity contribution in [2.75, 3.05) is 33.4 Å². The van der Waals surface area contributed by atoms with Crippen LogP contribution in [-0.2, 0) is 38.8 Å². The first kappa shape index (κ1) is 35.8. The van der Waals surface area contributed by atoms with Crippen LogP contribution in [0.3, 0.4) is 0 Å². The molecule has 260 valence electrons. The van der Waals surface area contributed by atoms with Gasteiger partial charge in [-0.2, -0.15) is 0 Å². The van der Waals surface area contributed by atoms with Crippen molar-refractivity contribution >= 4 is 6.09 Å². The van der Waals surface area contributed by atoms with E-state index in [2.05, 4.69) is 22.1 Å². The summed E-state index contributed by atoms with van der Waals surface area (Å²) in [4.78, 5) is 23.3. The van der Waals surface area contributed by atoms with E-state index in [1.807, 2.05) is 81.4 Å². The number of amides is 1. The molecule has 10 heteroatoms. The molecule has 0 N–H and O–H groups in total. The predicted molar refractivity (Wildman–Crippen MR) is 185 cm³/mol. The summed E-state index contributed by atoms with van der Waals surface area (Å²) in [6.07, 6.45) is 6.60. The summed E-state index contributed by atoms with van der Waals surface area (Å²) in [5.41, 5.74) is 3.41. The molecule has 0 spiro atoms. The second-order valence-corrected chi connectivity index (χ2v) is 13.0. The molecule has 1 saturated heterocycles. The number of pyridine rings is 2. The van der Waals surface area contributed by atoms with Crippen LogP contribution in [0.25, 0.3) is 0 Å². The van der Waals surface area contributed by atoms with Gasteiger partial charge in [0.25, 0.3) is 0 Å². The number of aromatic nitrogens is 2. The van der Waals surface area contributed by atoms with Gasteiger partial charge in [-0.3, -0.25) is 9.97 Å². The summed E-state index contributed by atoms with van der Waals surface area (Å²) in [5, 5.41) is 0. The van der Waals surface area contributed by atoms with Crippen LogP contribution in [0.4, 0.5) is 4.79 Å². The highest BCUT2D eigenvalue weighted by Crippen LogP contribution is 2.35. The summed E-state index contributed by atoms with van der Waals surface area (Å²) < 4.78 is 36.3. The minimum absolute atomic E-state index is 0.167. The number of benzene rings is 2. The van der Waals surface area contributed by atoms with Gasteiger partial charge >= 0.3 is 6.09 Å². The van der Waals surface area contributed by atoms with Gasteiger partial charge in [-0.25, -0.2) is 4.79 Å². The normalized spacial score (nSPS) is 17.8. The van der Waals surface area contributed by atoms with Crippen molar-refractivity contribution in [3.8, 4) is 11.5 Å². The SMILES string of the molecule is COc1ccccc1COCCCOc1ccc(C2C(OCc3ccncc3)CN(C(=O)OC(C)(C)C)CC2OCc2ccncc2)cc1. The van der Waals surface area contributed by atoms with E-state index in [9.17, 15) is 4.79 Å². The van der Waals surface area contributed by atoms with Crippen LogP contribution in [0, 0.1) is 0 Å². The molecule has 0 bridgehead atoms. The Hall–Kier alpha value is -4.51. The van der Waals surface area contributed by atoms with E-state index in [1.165, 1.54) is 0 Å². The zero-order valence-electron chi connectivity index (χ0n) is 28.8. The van der Waals surface area contributed by atoms with Gasteiger partial charge in [0.1, 0.15) is 17.1 Å². The van der Waals surface area contributed by atoms with E-state index in [0.717, 1.165) is 40.2 Å². The molecule has 0 aliphatic carbocycles. The molecule has 0 saturated carbocycles. The monoisotopic (exact) mass is 669 g/mol. The standard InChI is InChI=1S/C39H47N3O7/c1-39(2,3)49-38(43)42-24-35(47-26-29-14-18-40-19-15-29)37(36(25-42)48-27-30-16-20-41-21-17-30)31-10-12-33(13-11-31)46-23-7-22-45-28-32-8-5-6-9-34(32)44-4/h5-6,8-21,35-37H,7,22-28H2,1-4H3. The summed E-state index contributed by atoms with van der Waals surface area (Å²) >= 11 is 0. The number of carbonyl (C=O) groups excluding carboxylic acids is 1. The lowest BCUT2D eigenvalue weighted by atomic mass is 9.84. The second-order valence-electron chi connectivity index (χ2n) is 13.0. The molecule has 2 aromatic heterocycles. The molecule has 0 radical (unpaired) electrons. The van der Waals surface area contributed by atoms with Crippen molar-refractivity contribution in [3.63, 3.8) is 0 Å². The molecule has 1 aliphatic heterocycles. The molecule has 1 fully saturated rings. The van der Waals surface area contributed by atoms with Gasteiger partial charge in [0, 0.05) is 42.7 Å². The van der Waals surface area contributed by atoms with Crippen LogP contribution in [0.15, 0.2) is 97.6 Å². The van der Waals surface area contributed by atoms with E-state index in [1.54, 1.807) is 36.8 Å². The average molecular weight is 670 g/mol. The third kappa shape index (κ3) is 11.0. The van der Waals surface area contributed by atoms with E-state index in [4.69, 9.17) is 28.4 Å². The van der Waals surface area contributed by atoms with Crippen LogP contribution in [0.2, 0.25) is 0 Å². The molecule has 4 aromatic rings. The first-order valence-corrected chi connectivity index (χ1v) is 16.7. The zero-order chi connectivity index (χ0) is 34.5. The summed E-state index contributed by atoms with van der Waals surface area (Å²) in [5.74, 6) is 1.42. The Morgan fingerprint density at radius 1 is 0.776 bits per heavy atom. The minimum Gasteiger partial charge on any atom is -0.496 e. The maximum Gasteiger partial charge on any atom is 0.410 e. The minimum atomic E-state index is -0.633. The highest BCUT2D eigenvalue weighted by Gasteiger charge is 2.42. The summed E-state index contributed by atoms with van der Waals surface area (Å²) in [6, 6.07) is 23.6. The first-order valence-electron chi connectivity index (χ1n) is 16.7.